The number of carbonyl (C=O) groups is 4. The number of esters is 2. The van der Waals surface area contributed by atoms with Crippen LogP contribution < -0.4 is 0 Å². The van der Waals surface area contributed by atoms with Gasteiger partial charge in [-0.25, -0.2) is 0 Å². The van der Waals surface area contributed by atoms with E-state index in [0.29, 0.717) is 51.5 Å². The summed E-state index contributed by atoms with van der Waals surface area (Å²) < 4.78 is 22.5. The lowest BCUT2D eigenvalue weighted by atomic mass is 9.87. The highest BCUT2D eigenvalue weighted by atomic mass is 16.6. The predicted molar refractivity (Wildman–Crippen MR) is 237 cm³/mol. The first kappa shape index (κ1) is 43.8. The number of hydrogen-bond donors (Lipinski definition) is 0. The van der Waals surface area contributed by atoms with Crippen molar-refractivity contribution in [2.75, 3.05) is 0 Å². The van der Waals surface area contributed by atoms with Gasteiger partial charge in [0.1, 0.15) is 24.4 Å². The van der Waals surface area contributed by atoms with Gasteiger partial charge in [0.05, 0.1) is 0 Å². The Bertz CT molecular complexity index is 2160. The lowest BCUT2D eigenvalue weighted by Crippen LogP contribution is -2.27. The van der Waals surface area contributed by atoms with Crippen LogP contribution in [0, 0.1) is 13.8 Å². The van der Waals surface area contributed by atoms with Crippen molar-refractivity contribution in [1.82, 2.24) is 0 Å². The molecular weight excluding hydrogens is 753 g/mol. The Morgan fingerprint density at radius 2 is 0.950 bits per heavy atom. The average Bonchev–Trinajstić information content (AvgIpc) is 3.25. The molecule has 6 rings (SSSR count). The molecule has 4 unspecified atom stereocenters. The molecule has 0 spiro atoms. The molecule has 0 fully saturated rings. The van der Waals surface area contributed by atoms with Crippen LogP contribution in [-0.4, -0.2) is 49.3 Å². The van der Waals surface area contributed by atoms with E-state index in [1.165, 1.54) is 0 Å². The molecule has 8 nitrogen and oxygen atoms in total. The van der Waals surface area contributed by atoms with Crippen LogP contribution in [-0.2, 0) is 38.1 Å². The van der Waals surface area contributed by atoms with Crippen LogP contribution in [0.2, 0.25) is 0 Å². The summed E-state index contributed by atoms with van der Waals surface area (Å²) in [6.07, 6.45) is 11.3. The molecule has 4 aromatic rings. The molecule has 60 heavy (non-hydrogen) atoms. The van der Waals surface area contributed by atoms with E-state index < -0.39 is 0 Å². The molecule has 0 saturated carbocycles. The van der Waals surface area contributed by atoms with Crippen molar-refractivity contribution in [3.05, 3.63) is 119 Å². The maximum Gasteiger partial charge on any atom is 0.306 e. The fourth-order valence-electron chi connectivity index (χ4n) is 8.39. The largest absolute Gasteiger partial charge is 0.460 e. The number of hydrogen-bond acceptors (Lipinski definition) is 8. The molecule has 0 aliphatic heterocycles. The molecule has 0 aromatic heterocycles. The van der Waals surface area contributed by atoms with Gasteiger partial charge in [-0.1, -0.05) is 124 Å². The highest BCUT2D eigenvalue weighted by Gasteiger charge is 2.29. The molecule has 0 N–H and O–H groups in total. The summed E-state index contributed by atoms with van der Waals surface area (Å²) in [7, 11) is 0. The van der Waals surface area contributed by atoms with Crippen LogP contribution in [0.4, 0.5) is 0 Å². The van der Waals surface area contributed by atoms with Gasteiger partial charge in [-0.2, -0.15) is 0 Å². The normalized spacial score (nSPS) is 18.7. The summed E-state index contributed by atoms with van der Waals surface area (Å²) in [4.78, 5) is 47.6. The van der Waals surface area contributed by atoms with Gasteiger partial charge >= 0.3 is 11.9 Å². The number of ether oxygens (including phenoxy) is 4. The lowest BCUT2D eigenvalue weighted by molar-refractivity contribution is -0.148. The Labute approximate surface area is 355 Å². The average molecular weight is 811 g/mol. The third-order valence-corrected chi connectivity index (χ3v) is 11.7. The lowest BCUT2D eigenvalue weighted by Gasteiger charge is -2.28. The standard InChI is InChI=1S/C52H58O8/c1-5-7-9-11-51(55)59-44-24-27-49(58-34-54)47(32-44)39-17-13-37(14-18-39)45-25-21-41(29-35(45)3)42-22-26-46(36(4)30-42)38-15-19-40(20-16-38)48-31-43(57-33-53)23-28-50(48)60-52(56)12-10-8-6-2/h13-22,25-26,29-34,43-44,49-50H,5-12,23-24,27-28H2,1-4H3. The Kier molecular flexibility index (Phi) is 15.7. The first-order valence-corrected chi connectivity index (χ1v) is 21.6. The summed E-state index contributed by atoms with van der Waals surface area (Å²) in [6, 6.07) is 29.6. The van der Waals surface area contributed by atoms with Crippen LogP contribution in [0.3, 0.4) is 0 Å². The molecule has 2 aliphatic carbocycles. The predicted octanol–water partition coefficient (Wildman–Crippen LogP) is 11.7. The molecule has 0 amide bonds. The van der Waals surface area contributed by atoms with Gasteiger partial charge in [-0.05, 0) is 131 Å². The van der Waals surface area contributed by atoms with Gasteiger partial charge in [0, 0.05) is 12.8 Å². The molecule has 2 aliphatic rings. The Balaban J connectivity index is 1.15. The molecule has 0 saturated heterocycles. The Morgan fingerprint density at radius 1 is 0.517 bits per heavy atom. The minimum absolute atomic E-state index is 0.186. The topological polar surface area (TPSA) is 105 Å². The second kappa shape index (κ2) is 21.5. The van der Waals surface area contributed by atoms with E-state index in [0.717, 1.165) is 105 Å². The van der Waals surface area contributed by atoms with E-state index in [4.69, 9.17) is 18.9 Å². The summed E-state index contributed by atoms with van der Waals surface area (Å²) in [5.41, 5.74) is 12.6. The maximum atomic E-state index is 12.7. The minimum atomic E-state index is -0.387. The zero-order valence-corrected chi connectivity index (χ0v) is 35.5. The third-order valence-electron chi connectivity index (χ3n) is 11.7. The molecule has 314 valence electrons. The highest BCUT2D eigenvalue weighted by molar-refractivity contribution is 5.81. The molecular formula is C52H58O8. The van der Waals surface area contributed by atoms with Gasteiger partial charge in [-0.15, -0.1) is 0 Å². The minimum Gasteiger partial charge on any atom is -0.460 e. The van der Waals surface area contributed by atoms with Crippen molar-refractivity contribution in [2.24, 2.45) is 0 Å². The number of carbonyl (C=O) groups excluding carboxylic acids is 4. The zero-order chi connectivity index (χ0) is 42.4. The number of rotatable bonds is 19. The fraction of sp³-hybridized carbons (Fsp3) is 0.385. The molecule has 4 atom stereocenters. The molecule has 0 radical (unpaired) electrons. The summed E-state index contributed by atoms with van der Waals surface area (Å²) in [5.74, 6) is -0.377. The quantitative estimate of drug-likeness (QED) is 0.0399. The number of unbranched alkanes of at least 4 members (excludes halogenated alkanes) is 4. The maximum absolute atomic E-state index is 12.7. The first-order valence-electron chi connectivity index (χ1n) is 21.6. The number of aryl methyl sites for hydroxylation is 2. The van der Waals surface area contributed by atoms with E-state index in [-0.39, 0.29) is 36.4 Å². The van der Waals surface area contributed by atoms with Crippen LogP contribution in [0.1, 0.15) is 113 Å². The monoisotopic (exact) mass is 810 g/mol. The zero-order valence-electron chi connectivity index (χ0n) is 35.5. The van der Waals surface area contributed by atoms with Crippen molar-refractivity contribution >= 4 is 36.0 Å². The van der Waals surface area contributed by atoms with Crippen LogP contribution in [0.25, 0.3) is 44.5 Å². The highest BCUT2D eigenvalue weighted by Crippen LogP contribution is 2.37. The summed E-state index contributed by atoms with van der Waals surface area (Å²) in [6.45, 7) is 9.44. The van der Waals surface area contributed by atoms with Crippen molar-refractivity contribution in [3.63, 3.8) is 0 Å². The van der Waals surface area contributed by atoms with Gasteiger partial charge < -0.3 is 18.9 Å². The Hall–Kier alpha value is -5.76. The summed E-state index contributed by atoms with van der Waals surface area (Å²) >= 11 is 0. The molecule has 0 heterocycles. The van der Waals surface area contributed by atoms with Crippen molar-refractivity contribution in [2.45, 2.75) is 129 Å². The van der Waals surface area contributed by atoms with E-state index in [1.807, 2.05) is 24.3 Å². The van der Waals surface area contributed by atoms with Crippen LogP contribution in [0.5, 0.6) is 0 Å². The number of benzene rings is 4. The third kappa shape index (κ3) is 11.3. The molecule has 0 bridgehead atoms. The Morgan fingerprint density at radius 3 is 1.45 bits per heavy atom. The molecule has 8 heteroatoms. The first-order chi connectivity index (χ1) is 29.2. The van der Waals surface area contributed by atoms with Crippen LogP contribution in [0.15, 0.2) is 97.1 Å². The van der Waals surface area contributed by atoms with Crippen molar-refractivity contribution in [1.29, 1.82) is 0 Å². The van der Waals surface area contributed by atoms with Gasteiger partial charge in [0.25, 0.3) is 12.9 Å². The van der Waals surface area contributed by atoms with Gasteiger partial charge in [0.2, 0.25) is 0 Å². The van der Waals surface area contributed by atoms with Gasteiger partial charge in [-0.3, -0.25) is 19.2 Å². The second-order valence-electron chi connectivity index (χ2n) is 16.0. The summed E-state index contributed by atoms with van der Waals surface area (Å²) in [5, 5.41) is 0. The van der Waals surface area contributed by atoms with E-state index in [9.17, 15) is 19.2 Å². The van der Waals surface area contributed by atoms with E-state index in [1.54, 1.807) is 0 Å². The SMILES string of the molecule is CCCCCC(=O)OC1C=C(c2ccc(-c3ccc(-c4ccc(-c5ccc(C6=CC(OC=O)CCC6OC(=O)CCCCC)cc5)c(C)c4)cc3C)cc2)C(OC=O)CC1. The van der Waals surface area contributed by atoms with Crippen molar-refractivity contribution < 1.29 is 38.1 Å². The smallest absolute Gasteiger partial charge is 0.306 e. The van der Waals surface area contributed by atoms with Crippen molar-refractivity contribution in [3.8, 4) is 33.4 Å². The van der Waals surface area contributed by atoms with E-state index in [2.05, 4.69) is 100 Å². The van der Waals surface area contributed by atoms with Gasteiger partial charge in [0.15, 0.2) is 0 Å². The van der Waals surface area contributed by atoms with E-state index >= 15 is 0 Å². The second-order valence-corrected chi connectivity index (χ2v) is 16.0. The fourth-order valence-corrected chi connectivity index (χ4v) is 8.39. The van der Waals surface area contributed by atoms with Crippen LogP contribution >= 0.6 is 0 Å². The molecule has 4 aromatic carbocycles.